The van der Waals surface area contributed by atoms with Crippen molar-refractivity contribution in [1.82, 2.24) is 15.2 Å². The molecule has 1 aromatic rings. The summed E-state index contributed by atoms with van der Waals surface area (Å²) >= 11 is 1.51. The van der Waals surface area contributed by atoms with Crippen molar-refractivity contribution in [2.45, 2.75) is 26.4 Å². The number of thiazole rings is 1. The Bertz CT molecular complexity index is 419. The molecule has 0 aromatic carbocycles. The smallest absolute Gasteiger partial charge is 0.325 e. The fourth-order valence-corrected chi connectivity index (χ4v) is 1.76. The number of carbonyl (C=O) groups is 2. The number of hydrogen-bond donors (Lipinski definition) is 2. The van der Waals surface area contributed by atoms with Gasteiger partial charge in [-0.2, -0.15) is 0 Å². The van der Waals surface area contributed by atoms with E-state index in [1.807, 2.05) is 12.3 Å². The normalized spacial score (nSPS) is 11.9. The lowest BCUT2D eigenvalue weighted by Gasteiger charge is -2.18. The summed E-state index contributed by atoms with van der Waals surface area (Å²) in [5.41, 5.74) is 0.799. The van der Waals surface area contributed by atoms with E-state index in [2.05, 4.69) is 10.3 Å². The van der Waals surface area contributed by atoms with Crippen LogP contribution in [0.25, 0.3) is 0 Å². The van der Waals surface area contributed by atoms with E-state index in [1.54, 1.807) is 7.05 Å². The number of urea groups is 1. The van der Waals surface area contributed by atoms with E-state index >= 15 is 0 Å². The summed E-state index contributed by atoms with van der Waals surface area (Å²) in [5.74, 6) is -1.06. The molecule has 94 valence electrons. The number of hydrogen-bond acceptors (Lipinski definition) is 4. The van der Waals surface area contributed by atoms with Crippen LogP contribution < -0.4 is 5.32 Å². The monoisotopic (exact) mass is 257 g/mol. The molecule has 0 fully saturated rings. The quantitative estimate of drug-likeness (QED) is 0.845. The molecule has 0 aliphatic rings. The van der Waals surface area contributed by atoms with Crippen molar-refractivity contribution >= 4 is 23.3 Å². The molecule has 0 aliphatic heterocycles. The Hall–Kier alpha value is -1.63. The average molecular weight is 257 g/mol. The number of carboxylic acid groups (broad SMARTS) is 1. The third kappa shape index (κ3) is 4.03. The van der Waals surface area contributed by atoms with Gasteiger partial charge in [0.2, 0.25) is 0 Å². The number of aliphatic carboxylic acids is 1. The molecule has 0 bridgehead atoms. The van der Waals surface area contributed by atoms with E-state index in [0.29, 0.717) is 6.54 Å². The summed E-state index contributed by atoms with van der Waals surface area (Å²) in [5, 5.41) is 13.8. The standard InChI is InChI=1S/C10H15N3O3S/c1-6(9(14)15)11-10(16)13(3)4-8-5-17-7(2)12-8/h5-6H,4H2,1-3H3,(H,11,16)(H,14,15)/t6-/m0/s1. The lowest BCUT2D eigenvalue weighted by molar-refractivity contribution is -0.138. The molecule has 0 saturated carbocycles. The molecule has 7 heteroatoms. The fraction of sp³-hybridized carbons (Fsp3) is 0.500. The Labute approximate surface area is 103 Å². The summed E-state index contributed by atoms with van der Waals surface area (Å²) in [6, 6.07) is -1.33. The Kier molecular flexibility index (Phi) is 4.45. The Balaban J connectivity index is 2.50. The molecular weight excluding hydrogens is 242 g/mol. The van der Waals surface area contributed by atoms with Gasteiger partial charge in [-0.25, -0.2) is 9.78 Å². The van der Waals surface area contributed by atoms with Crippen molar-refractivity contribution in [2.24, 2.45) is 0 Å². The van der Waals surface area contributed by atoms with Crippen LogP contribution in [0, 0.1) is 6.92 Å². The number of nitrogens with one attached hydrogen (secondary N) is 1. The third-order valence-electron chi connectivity index (χ3n) is 2.12. The van der Waals surface area contributed by atoms with Crippen LogP contribution in [0.1, 0.15) is 17.6 Å². The SMILES string of the molecule is Cc1nc(CN(C)C(=O)N[C@@H](C)C(=O)O)cs1. The summed E-state index contributed by atoms with van der Waals surface area (Å²) in [6.45, 7) is 3.67. The van der Waals surface area contributed by atoms with Gasteiger partial charge in [-0.1, -0.05) is 0 Å². The van der Waals surface area contributed by atoms with Gasteiger partial charge in [0.25, 0.3) is 0 Å². The topological polar surface area (TPSA) is 82.5 Å². The molecule has 6 nitrogen and oxygen atoms in total. The highest BCUT2D eigenvalue weighted by atomic mass is 32.1. The summed E-state index contributed by atoms with van der Waals surface area (Å²) in [4.78, 5) is 27.8. The molecule has 2 N–H and O–H groups in total. The van der Waals surface area contributed by atoms with Crippen LogP contribution in [0.15, 0.2) is 5.38 Å². The van der Waals surface area contributed by atoms with Gasteiger partial charge in [0.1, 0.15) is 6.04 Å². The highest BCUT2D eigenvalue weighted by Gasteiger charge is 2.17. The Morgan fingerprint density at radius 3 is 2.76 bits per heavy atom. The van der Waals surface area contributed by atoms with Crippen LogP contribution in [0.2, 0.25) is 0 Å². The van der Waals surface area contributed by atoms with Crippen molar-refractivity contribution in [3.8, 4) is 0 Å². The zero-order valence-corrected chi connectivity index (χ0v) is 10.7. The summed E-state index contributed by atoms with van der Waals surface area (Å²) in [7, 11) is 1.60. The predicted octanol–water partition coefficient (Wildman–Crippen LogP) is 1.07. The molecule has 0 aliphatic carbocycles. The second-order valence-corrected chi connectivity index (χ2v) is 4.79. The molecule has 0 radical (unpaired) electrons. The maximum Gasteiger partial charge on any atom is 0.325 e. The number of rotatable bonds is 4. The molecule has 17 heavy (non-hydrogen) atoms. The van der Waals surface area contributed by atoms with Crippen molar-refractivity contribution in [2.75, 3.05) is 7.05 Å². The molecule has 0 unspecified atom stereocenters. The van der Waals surface area contributed by atoms with Crippen LogP contribution in [-0.4, -0.2) is 40.1 Å². The summed E-state index contributed by atoms with van der Waals surface area (Å²) < 4.78 is 0. The van der Waals surface area contributed by atoms with E-state index in [1.165, 1.54) is 23.2 Å². The molecule has 1 heterocycles. The number of carboxylic acids is 1. The fourth-order valence-electron chi connectivity index (χ4n) is 1.15. The Morgan fingerprint density at radius 2 is 2.29 bits per heavy atom. The minimum atomic E-state index is -1.06. The highest BCUT2D eigenvalue weighted by Crippen LogP contribution is 2.09. The van der Waals surface area contributed by atoms with Gasteiger partial charge in [0.05, 0.1) is 17.2 Å². The van der Waals surface area contributed by atoms with Crippen LogP contribution in [0.3, 0.4) is 0 Å². The molecule has 0 saturated heterocycles. The predicted molar refractivity (Wildman–Crippen MR) is 63.9 cm³/mol. The van der Waals surface area contributed by atoms with Crippen LogP contribution in [0.5, 0.6) is 0 Å². The first-order chi connectivity index (χ1) is 7.90. The van der Waals surface area contributed by atoms with Crippen molar-refractivity contribution in [3.05, 3.63) is 16.1 Å². The van der Waals surface area contributed by atoms with Gasteiger partial charge in [-0.3, -0.25) is 4.79 Å². The zero-order chi connectivity index (χ0) is 13.0. The molecule has 2 amide bonds. The average Bonchev–Trinajstić information content (AvgIpc) is 2.63. The molecule has 0 spiro atoms. The summed E-state index contributed by atoms with van der Waals surface area (Å²) in [6.07, 6.45) is 0. The highest BCUT2D eigenvalue weighted by molar-refractivity contribution is 7.09. The minimum absolute atomic E-state index is 0.364. The van der Waals surface area contributed by atoms with Crippen LogP contribution in [-0.2, 0) is 11.3 Å². The van der Waals surface area contributed by atoms with Crippen LogP contribution in [0.4, 0.5) is 4.79 Å². The number of aromatic nitrogens is 1. The second-order valence-electron chi connectivity index (χ2n) is 3.72. The van der Waals surface area contributed by atoms with Gasteiger partial charge in [-0.05, 0) is 13.8 Å². The lowest BCUT2D eigenvalue weighted by atomic mass is 10.3. The number of nitrogens with zero attached hydrogens (tertiary/aromatic N) is 2. The first kappa shape index (κ1) is 13.4. The van der Waals surface area contributed by atoms with Gasteiger partial charge in [0, 0.05) is 12.4 Å². The molecule has 1 atom stereocenters. The van der Waals surface area contributed by atoms with Crippen molar-refractivity contribution < 1.29 is 14.7 Å². The van der Waals surface area contributed by atoms with E-state index in [9.17, 15) is 9.59 Å². The van der Waals surface area contributed by atoms with E-state index in [-0.39, 0.29) is 0 Å². The number of carbonyl (C=O) groups excluding carboxylic acids is 1. The minimum Gasteiger partial charge on any atom is -0.480 e. The third-order valence-corrected chi connectivity index (χ3v) is 2.95. The first-order valence-electron chi connectivity index (χ1n) is 5.05. The van der Waals surface area contributed by atoms with Crippen LogP contribution >= 0.6 is 11.3 Å². The van der Waals surface area contributed by atoms with Crippen molar-refractivity contribution in [3.63, 3.8) is 0 Å². The van der Waals surface area contributed by atoms with E-state index in [4.69, 9.17) is 5.11 Å². The molecular formula is C10H15N3O3S. The Morgan fingerprint density at radius 1 is 1.65 bits per heavy atom. The number of aryl methyl sites for hydroxylation is 1. The first-order valence-corrected chi connectivity index (χ1v) is 5.93. The van der Waals surface area contributed by atoms with Crippen molar-refractivity contribution in [1.29, 1.82) is 0 Å². The largest absolute Gasteiger partial charge is 0.480 e. The molecule has 1 aromatic heterocycles. The van der Waals surface area contributed by atoms with Gasteiger partial charge < -0.3 is 15.3 Å². The lowest BCUT2D eigenvalue weighted by Crippen LogP contribution is -2.44. The maximum absolute atomic E-state index is 11.6. The van der Waals surface area contributed by atoms with E-state index in [0.717, 1.165) is 10.7 Å². The molecule has 1 rings (SSSR count). The maximum atomic E-state index is 11.6. The van der Waals surface area contributed by atoms with E-state index < -0.39 is 18.0 Å². The van der Waals surface area contributed by atoms with Gasteiger partial charge in [-0.15, -0.1) is 11.3 Å². The zero-order valence-electron chi connectivity index (χ0n) is 9.93. The van der Waals surface area contributed by atoms with Gasteiger partial charge >= 0.3 is 12.0 Å². The van der Waals surface area contributed by atoms with Gasteiger partial charge in [0.15, 0.2) is 0 Å². The number of amides is 2. The second kappa shape index (κ2) is 5.62.